The quantitative estimate of drug-likeness (QED) is 0.866. The SMILES string of the molecule is Cc1ccc(C2CCNCC2C(C)C)cc1Br. The topological polar surface area (TPSA) is 12.0 Å². The van der Waals surface area contributed by atoms with E-state index in [4.69, 9.17) is 0 Å². The molecule has 1 fully saturated rings. The van der Waals surface area contributed by atoms with Gasteiger partial charge in [-0.05, 0) is 61.4 Å². The summed E-state index contributed by atoms with van der Waals surface area (Å²) in [5.74, 6) is 2.22. The first-order valence-electron chi connectivity index (χ1n) is 6.56. The lowest BCUT2D eigenvalue weighted by molar-refractivity contribution is 0.255. The van der Waals surface area contributed by atoms with E-state index in [1.54, 1.807) is 0 Å². The molecular weight excluding hydrogens is 274 g/mol. The zero-order chi connectivity index (χ0) is 12.4. The summed E-state index contributed by atoms with van der Waals surface area (Å²) in [5, 5.41) is 3.53. The first-order valence-corrected chi connectivity index (χ1v) is 7.35. The van der Waals surface area contributed by atoms with Crippen molar-refractivity contribution in [3.05, 3.63) is 33.8 Å². The molecule has 0 radical (unpaired) electrons. The molecular formula is C15H22BrN. The molecule has 1 aromatic carbocycles. The van der Waals surface area contributed by atoms with Crippen LogP contribution in [-0.4, -0.2) is 13.1 Å². The molecule has 0 spiro atoms. The summed E-state index contributed by atoms with van der Waals surface area (Å²) in [6.45, 7) is 9.14. The highest BCUT2D eigenvalue weighted by Crippen LogP contribution is 2.36. The summed E-state index contributed by atoms with van der Waals surface area (Å²) >= 11 is 3.65. The number of benzene rings is 1. The van der Waals surface area contributed by atoms with Crippen LogP contribution < -0.4 is 5.32 Å². The van der Waals surface area contributed by atoms with Gasteiger partial charge >= 0.3 is 0 Å². The van der Waals surface area contributed by atoms with Crippen LogP contribution in [0.3, 0.4) is 0 Å². The third-order valence-electron chi connectivity index (χ3n) is 4.01. The second-order valence-corrected chi connectivity index (χ2v) is 6.37. The highest BCUT2D eigenvalue weighted by molar-refractivity contribution is 9.10. The maximum absolute atomic E-state index is 3.65. The van der Waals surface area contributed by atoms with E-state index < -0.39 is 0 Å². The Kier molecular flexibility index (Phi) is 4.26. The first kappa shape index (κ1) is 13.1. The molecule has 1 aliphatic heterocycles. The van der Waals surface area contributed by atoms with Crippen molar-refractivity contribution in [3.63, 3.8) is 0 Å². The molecule has 2 rings (SSSR count). The van der Waals surface area contributed by atoms with Crippen molar-refractivity contribution in [2.45, 2.75) is 33.1 Å². The molecule has 1 N–H and O–H groups in total. The van der Waals surface area contributed by atoms with Crippen molar-refractivity contribution >= 4 is 15.9 Å². The van der Waals surface area contributed by atoms with Crippen LogP contribution in [0.4, 0.5) is 0 Å². The maximum atomic E-state index is 3.65. The monoisotopic (exact) mass is 295 g/mol. The highest BCUT2D eigenvalue weighted by atomic mass is 79.9. The zero-order valence-corrected chi connectivity index (χ0v) is 12.5. The Morgan fingerprint density at radius 3 is 2.76 bits per heavy atom. The largest absolute Gasteiger partial charge is 0.316 e. The van der Waals surface area contributed by atoms with Gasteiger partial charge in [0, 0.05) is 4.47 Å². The van der Waals surface area contributed by atoms with E-state index in [9.17, 15) is 0 Å². The van der Waals surface area contributed by atoms with Gasteiger partial charge in [0.15, 0.2) is 0 Å². The lowest BCUT2D eigenvalue weighted by Gasteiger charge is -2.35. The van der Waals surface area contributed by atoms with Gasteiger partial charge in [0.1, 0.15) is 0 Å². The van der Waals surface area contributed by atoms with Crippen molar-refractivity contribution in [3.8, 4) is 0 Å². The summed E-state index contributed by atoms with van der Waals surface area (Å²) in [6, 6.07) is 6.87. The number of aryl methyl sites for hydroxylation is 1. The molecule has 1 saturated heterocycles. The van der Waals surface area contributed by atoms with Crippen molar-refractivity contribution in [1.29, 1.82) is 0 Å². The van der Waals surface area contributed by atoms with Gasteiger partial charge in [0.05, 0.1) is 0 Å². The van der Waals surface area contributed by atoms with E-state index in [1.165, 1.54) is 22.0 Å². The minimum Gasteiger partial charge on any atom is -0.316 e. The molecule has 0 saturated carbocycles. The molecule has 17 heavy (non-hydrogen) atoms. The molecule has 0 amide bonds. The minimum atomic E-state index is 0.716. The Bertz CT molecular complexity index is 387. The number of piperidine rings is 1. The fourth-order valence-electron chi connectivity index (χ4n) is 2.84. The number of halogens is 1. The van der Waals surface area contributed by atoms with Crippen LogP contribution in [0.15, 0.2) is 22.7 Å². The lowest BCUT2D eigenvalue weighted by Crippen LogP contribution is -2.38. The van der Waals surface area contributed by atoms with Crippen molar-refractivity contribution < 1.29 is 0 Å². The van der Waals surface area contributed by atoms with Crippen molar-refractivity contribution in [2.24, 2.45) is 11.8 Å². The van der Waals surface area contributed by atoms with Crippen LogP contribution in [0.2, 0.25) is 0 Å². The molecule has 94 valence electrons. The molecule has 1 nitrogen and oxygen atoms in total. The normalized spacial score (nSPS) is 25.2. The van der Waals surface area contributed by atoms with Crippen molar-refractivity contribution in [1.82, 2.24) is 5.32 Å². The fraction of sp³-hybridized carbons (Fsp3) is 0.600. The molecule has 2 unspecified atom stereocenters. The predicted octanol–water partition coefficient (Wildman–Crippen LogP) is 4.11. The molecule has 0 bridgehead atoms. The number of nitrogens with one attached hydrogen (secondary N) is 1. The predicted molar refractivity (Wildman–Crippen MR) is 77.4 cm³/mol. The Labute approximate surface area is 113 Å². The average Bonchev–Trinajstić information content (AvgIpc) is 2.32. The number of hydrogen-bond acceptors (Lipinski definition) is 1. The number of rotatable bonds is 2. The van der Waals surface area contributed by atoms with Crippen molar-refractivity contribution in [2.75, 3.05) is 13.1 Å². The summed E-state index contributed by atoms with van der Waals surface area (Å²) in [7, 11) is 0. The Hall–Kier alpha value is -0.340. The van der Waals surface area contributed by atoms with Gasteiger partial charge in [-0.2, -0.15) is 0 Å². The standard InChI is InChI=1S/C15H22BrN/c1-10(2)14-9-17-7-6-13(14)12-5-4-11(3)15(16)8-12/h4-5,8,10,13-14,17H,6-7,9H2,1-3H3. The van der Waals surface area contributed by atoms with Crippen LogP contribution in [0.5, 0.6) is 0 Å². The Morgan fingerprint density at radius 2 is 2.12 bits per heavy atom. The number of hydrogen-bond donors (Lipinski definition) is 1. The van der Waals surface area contributed by atoms with E-state index in [0.29, 0.717) is 5.92 Å². The molecule has 2 atom stereocenters. The molecule has 1 heterocycles. The fourth-order valence-corrected chi connectivity index (χ4v) is 3.23. The maximum Gasteiger partial charge on any atom is 0.0207 e. The first-order chi connectivity index (χ1) is 8.09. The summed E-state index contributed by atoms with van der Waals surface area (Å²) in [5.41, 5.74) is 2.83. The van der Waals surface area contributed by atoms with Gasteiger partial charge < -0.3 is 5.32 Å². The zero-order valence-electron chi connectivity index (χ0n) is 11.0. The van der Waals surface area contributed by atoms with E-state index in [0.717, 1.165) is 24.9 Å². The van der Waals surface area contributed by atoms with Crippen LogP contribution in [0.1, 0.15) is 37.3 Å². The lowest BCUT2D eigenvalue weighted by atomic mass is 9.75. The Morgan fingerprint density at radius 1 is 1.35 bits per heavy atom. The Balaban J connectivity index is 2.26. The van der Waals surface area contributed by atoms with Crippen LogP contribution >= 0.6 is 15.9 Å². The molecule has 1 aromatic rings. The minimum absolute atomic E-state index is 0.716. The van der Waals surface area contributed by atoms with Crippen LogP contribution in [0, 0.1) is 18.8 Å². The van der Waals surface area contributed by atoms with Gasteiger partial charge in [-0.25, -0.2) is 0 Å². The molecule has 2 heteroatoms. The molecule has 1 aliphatic rings. The van der Waals surface area contributed by atoms with Gasteiger partial charge in [-0.1, -0.05) is 41.9 Å². The summed E-state index contributed by atoms with van der Waals surface area (Å²) < 4.78 is 1.25. The van der Waals surface area contributed by atoms with Gasteiger partial charge in [0.25, 0.3) is 0 Å². The second kappa shape index (κ2) is 5.53. The molecule has 0 aliphatic carbocycles. The van der Waals surface area contributed by atoms with Crippen LogP contribution in [-0.2, 0) is 0 Å². The van der Waals surface area contributed by atoms with Gasteiger partial charge in [-0.3, -0.25) is 0 Å². The van der Waals surface area contributed by atoms with E-state index in [1.807, 2.05) is 0 Å². The summed E-state index contributed by atoms with van der Waals surface area (Å²) in [6.07, 6.45) is 1.26. The smallest absolute Gasteiger partial charge is 0.0207 e. The average molecular weight is 296 g/mol. The third kappa shape index (κ3) is 2.92. The van der Waals surface area contributed by atoms with E-state index in [2.05, 4.69) is 60.2 Å². The van der Waals surface area contributed by atoms with Gasteiger partial charge in [-0.15, -0.1) is 0 Å². The van der Waals surface area contributed by atoms with E-state index in [-0.39, 0.29) is 0 Å². The van der Waals surface area contributed by atoms with Gasteiger partial charge in [0.2, 0.25) is 0 Å². The highest BCUT2D eigenvalue weighted by Gasteiger charge is 2.28. The second-order valence-electron chi connectivity index (χ2n) is 5.52. The molecule has 0 aromatic heterocycles. The third-order valence-corrected chi connectivity index (χ3v) is 4.86. The summed E-state index contributed by atoms with van der Waals surface area (Å²) in [4.78, 5) is 0. The van der Waals surface area contributed by atoms with Crippen LogP contribution in [0.25, 0.3) is 0 Å². The van der Waals surface area contributed by atoms with E-state index >= 15 is 0 Å².